The second-order valence-corrected chi connectivity index (χ2v) is 9.76. The lowest BCUT2D eigenvalue weighted by Gasteiger charge is -2.32. The van der Waals surface area contributed by atoms with Gasteiger partial charge in [0.15, 0.2) is 0 Å². The van der Waals surface area contributed by atoms with Crippen LogP contribution < -0.4 is 15.4 Å². The van der Waals surface area contributed by atoms with Gasteiger partial charge in [0.1, 0.15) is 17.2 Å². The van der Waals surface area contributed by atoms with Crippen LogP contribution in [0.15, 0.2) is 24.4 Å². The minimum Gasteiger partial charge on any atom is -0.491 e. The van der Waals surface area contributed by atoms with Gasteiger partial charge in [0, 0.05) is 74.8 Å². The van der Waals surface area contributed by atoms with Crippen molar-refractivity contribution in [1.29, 1.82) is 0 Å². The lowest BCUT2D eigenvalue weighted by atomic mass is 10.0. The summed E-state index contributed by atoms with van der Waals surface area (Å²) in [5.41, 5.74) is 1.70. The van der Waals surface area contributed by atoms with Gasteiger partial charge in [0.05, 0.1) is 36.5 Å². The number of benzene rings is 1. The molecule has 3 aliphatic rings. The number of aromatic amines is 1. The van der Waals surface area contributed by atoms with Crippen LogP contribution in [0, 0.1) is 0 Å². The fourth-order valence-corrected chi connectivity index (χ4v) is 5.69. The number of anilines is 3. The molecule has 0 spiro atoms. The summed E-state index contributed by atoms with van der Waals surface area (Å²) in [6.45, 7) is 5.11. The summed E-state index contributed by atoms with van der Waals surface area (Å²) in [6, 6.07) is 5.45. The molecule has 0 radical (unpaired) electrons. The molecule has 0 aliphatic carbocycles. The van der Waals surface area contributed by atoms with E-state index in [1.165, 1.54) is 6.07 Å². The van der Waals surface area contributed by atoms with Gasteiger partial charge in [-0.15, -0.1) is 0 Å². The van der Waals surface area contributed by atoms with E-state index < -0.39 is 11.7 Å². The van der Waals surface area contributed by atoms with Crippen molar-refractivity contribution in [3.8, 4) is 5.75 Å². The SMILES string of the molecule is CNc1cc(Nc2ccc(C(=O)N3CC[C@H](N4CCOCC4)C3)c3c2OCC3)nc2[nH]cc(C(F)(F)F)c12. The lowest BCUT2D eigenvalue weighted by Crippen LogP contribution is -2.45. The number of hydrogen-bond acceptors (Lipinski definition) is 7. The maximum Gasteiger partial charge on any atom is 0.418 e. The van der Waals surface area contributed by atoms with Crippen LogP contribution in [0.2, 0.25) is 0 Å². The minimum atomic E-state index is -4.50. The second kappa shape index (κ2) is 9.66. The molecule has 38 heavy (non-hydrogen) atoms. The Morgan fingerprint density at radius 3 is 2.74 bits per heavy atom. The van der Waals surface area contributed by atoms with E-state index in [2.05, 4.69) is 25.5 Å². The molecule has 6 rings (SSSR count). The molecule has 9 nitrogen and oxygen atoms in total. The van der Waals surface area contributed by atoms with Gasteiger partial charge in [0.25, 0.3) is 5.91 Å². The number of morpholine rings is 1. The molecule has 3 aliphatic heterocycles. The van der Waals surface area contributed by atoms with E-state index >= 15 is 0 Å². The standard InChI is InChI=1S/C26H29F3N6O3/c1-30-20-12-21(33-24-22(20)18(13-31-24)26(27,28)29)32-19-3-2-17(16-5-9-38-23(16)19)25(36)35-6-4-15(14-35)34-7-10-37-11-8-34/h2-3,12-13,15H,4-11,14H2,1H3,(H3,30,31,32,33)/t15-/m0/s1. The Labute approximate surface area is 217 Å². The Morgan fingerprint density at radius 2 is 1.97 bits per heavy atom. The molecule has 2 saturated heterocycles. The highest BCUT2D eigenvalue weighted by atomic mass is 19.4. The number of aromatic nitrogens is 2. The fourth-order valence-electron chi connectivity index (χ4n) is 5.69. The number of nitrogens with one attached hydrogen (secondary N) is 3. The van der Waals surface area contributed by atoms with Gasteiger partial charge in [-0.25, -0.2) is 4.98 Å². The minimum absolute atomic E-state index is 0.00265. The van der Waals surface area contributed by atoms with E-state index in [9.17, 15) is 18.0 Å². The summed E-state index contributed by atoms with van der Waals surface area (Å²) in [4.78, 5) is 24.8. The Bertz CT molecular complexity index is 1370. The summed E-state index contributed by atoms with van der Waals surface area (Å²) < 4.78 is 51.7. The van der Waals surface area contributed by atoms with Crippen molar-refractivity contribution < 1.29 is 27.4 Å². The highest BCUT2D eigenvalue weighted by Gasteiger charge is 2.36. The predicted octanol–water partition coefficient (Wildman–Crippen LogP) is 3.85. The Kier molecular flexibility index (Phi) is 6.31. The molecule has 1 amide bonds. The van der Waals surface area contributed by atoms with Crippen LogP contribution in [0.4, 0.5) is 30.4 Å². The highest BCUT2D eigenvalue weighted by molar-refractivity contribution is 5.98. The molecule has 3 N–H and O–H groups in total. The van der Waals surface area contributed by atoms with Crippen molar-refractivity contribution in [2.24, 2.45) is 0 Å². The molecule has 0 bridgehead atoms. The number of halogens is 3. The average Bonchev–Trinajstić information content (AvgIpc) is 3.68. The molecule has 3 aromatic rings. The monoisotopic (exact) mass is 530 g/mol. The summed E-state index contributed by atoms with van der Waals surface area (Å²) in [7, 11) is 1.56. The number of fused-ring (bicyclic) bond motifs is 2. The van der Waals surface area contributed by atoms with Crippen molar-refractivity contribution in [2.75, 3.05) is 63.7 Å². The molecule has 12 heteroatoms. The third kappa shape index (κ3) is 4.41. The number of carbonyl (C=O) groups is 1. The maximum atomic E-state index is 13.5. The Hall–Kier alpha value is -3.51. The van der Waals surface area contributed by atoms with Crippen molar-refractivity contribution in [3.05, 3.63) is 41.1 Å². The van der Waals surface area contributed by atoms with E-state index in [0.717, 1.165) is 44.5 Å². The number of pyridine rings is 1. The first-order valence-corrected chi connectivity index (χ1v) is 12.8. The van der Waals surface area contributed by atoms with Gasteiger partial charge < -0.3 is 30.0 Å². The number of alkyl halides is 3. The van der Waals surface area contributed by atoms with E-state index in [1.54, 1.807) is 19.2 Å². The zero-order chi connectivity index (χ0) is 26.4. The van der Waals surface area contributed by atoms with Crippen molar-refractivity contribution in [1.82, 2.24) is 19.8 Å². The van der Waals surface area contributed by atoms with Gasteiger partial charge in [-0.3, -0.25) is 9.69 Å². The summed E-state index contributed by atoms with van der Waals surface area (Å²) in [5, 5.41) is 6.00. The van der Waals surface area contributed by atoms with Gasteiger partial charge in [-0.2, -0.15) is 13.2 Å². The van der Waals surface area contributed by atoms with Crippen LogP contribution >= 0.6 is 0 Å². The smallest absolute Gasteiger partial charge is 0.418 e. The van der Waals surface area contributed by atoms with E-state index in [-0.39, 0.29) is 16.9 Å². The summed E-state index contributed by atoms with van der Waals surface area (Å²) >= 11 is 0. The third-order valence-corrected chi connectivity index (χ3v) is 7.58. The Morgan fingerprint density at radius 1 is 1.16 bits per heavy atom. The molecule has 2 fully saturated rings. The molecule has 5 heterocycles. The normalized spacial score (nSPS) is 20.0. The first-order chi connectivity index (χ1) is 18.3. The number of carbonyl (C=O) groups excluding carboxylic acids is 1. The van der Waals surface area contributed by atoms with Crippen molar-refractivity contribution >= 4 is 34.1 Å². The zero-order valence-corrected chi connectivity index (χ0v) is 21.0. The molecule has 1 atom stereocenters. The first-order valence-electron chi connectivity index (χ1n) is 12.8. The topological polar surface area (TPSA) is 94.8 Å². The van der Waals surface area contributed by atoms with Crippen molar-refractivity contribution in [3.63, 3.8) is 0 Å². The molecule has 202 valence electrons. The number of amides is 1. The van der Waals surface area contributed by atoms with Gasteiger partial charge in [-0.1, -0.05) is 0 Å². The number of H-pyrrole nitrogens is 1. The predicted molar refractivity (Wildman–Crippen MR) is 136 cm³/mol. The molecular formula is C26H29F3N6O3. The molecule has 0 unspecified atom stereocenters. The van der Waals surface area contributed by atoms with Crippen LogP contribution in [-0.2, 0) is 17.3 Å². The summed E-state index contributed by atoms with van der Waals surface area (Å²) in [5.74, 6) is 0.925. The van der Waals surface area contributed by atoms with E-state index in [0.29, 0.717) is 60.7 Å². The highest BCUT2D eigenvalue weighted by Crippen LogP contribution is 2.41. The second-order valence-electron chi connectivity index (χ2n) is 9.76. The van der Waals surface area contributed by atoms with Crippen LogP contribution in [0.1, 0.15) is 27.9 Å². The van der Waals surface area contributed by atoms with Crippen LogP contribution in [0.3, 0.4) is 0 Å². The third-order valence-electron chi connectivity index (χ3n) is 7.58. The van der Waals surface area contributed by atoms with Gasteiger partial charge >= 0.3 is 6.18 Å². The van der Waals surface area contributed by atoms with Gasteiger partial charge in [0.2, 0.25) is 0 Å². The quantitative estimate of drug-likeness (QED) is 0.461. The first kappa shape index (κ1) is 24.8. The number of ether oxygens (including phenoxy) is 2. The fraction of sp³-hybridized carbons (Fsp3) is 0.462. The summed E-state index contributed by atoms with van der Waals surface area (Å²) in [6.07, 6.45) is -2.03. The molecule has 2 aromatic heterocycles. The molecule has 1 aromatic carbocycles. The van der Waals surface area contributed by atoms with Crippen molar-refractivity contribution in [2.45, 2.75) is 25.1 Å². The Balaban J connectivity index is 1.25. The van der Waals surface area contributed by atoms with Crippen LogP contribution in [0.5, 0.6) is 5.75 Å². The van der Waals surface area contributed by atoms with E-state index in [1.807, 2.05) is 4.90 Å². The number of rotatable bonds is 5. The lowest BCUT2D eigenvalue weighted by molar-refractivity contribution is -0.136. The van der Waals surface area contributed by atoms with Gasteiger partial charge in [-0.05, 0) is 18.6 Å². The largest absolute Gasteiger partial charge is 0.491 e. The number of likely N-dealkylation sites (tertiary alicyclic amines) is 1. The van der Waals surface area contributed by atoms with Crippen LogP contribution in [0.25, 0.3) is 11.0 Å². The molecular weight excluding hydrogens is 501 g/mol. The molecule has 0 saturated carbocycles. The maximum absolute atomic E-state index is 13.5. The zero-order valence-electron chi connectivity index (χ0n) is 21.0. The van der Waals surface area contributed by atoms with Crippen LogP contribution in [-0.4, -0.2) is 84.8 Å². The van der Waals surface area contributed by atoms with E-state index in [4.69, 9.17) is 9.47 Å². The number of hydrogen-bond donors (Lipinski definition) is 3. The number of nitrogens with zero attached hydrogens (tertiary/aromatic N) is 3. The average molecular weight is 531 g/mol.